The molecule has 1 aliphatic carbocycles. The number of halogens is 1. The largest absolute Gasteiger partial charge is 0.478 e. The zero-order valence-corrected chi connectivity index (χ0v) is 22.4. The lowest BCUT2D eigenvalue weighted by Gasteiger charge is -2.42. The second-order valence-corrected chi connectivity index (χ2v) is 11.8. The highest BCUT2D eigenvalue weighted by Gasteiger charge is 2.53. The molecule has 0 amide bonds. The minimum absolute atomic E-state index is 0.237. The number of carboxylic acids is 1. The highest BCUT2D eigenvalue weighted by atomic mass is 32.1. The van der Waals surface area contributed by atoms with E-state index in [4.69, 9.17) is 9.72 Å². The predicted molar refractivity (Wildman–Crippen MR) is 145 cm³/mol. The van der Waals surface area contributed by atoms with Gasteiger partial charge in [0.25, 0.3) is 0 Å². The Kier molecular flexibility index (Phi) is 7.23. The first kappa shape index (κ1) is 25.7. The summed E-state index contributed by atoms with van der Waals surface area (Å²) in [7, 11) is 0. The Hall–Kier alpha value is -2.97. The summed E-state index contributed by atoms with van der Waals surface area (Å²) in [4.78, 5) is 22.2. The Labute approximate surface area is 221 Å². The van der Waals surface area contributed by atoms with Gasteiger partial charge < -0.3 is 14.7 Å². The molecule has 8 heteroatoms. The van der Waals surface area contributed by atoms with Crippen LogP contribution in [0.15, 0.2) is 48.7 Å². The van der Waals surface area contributed by atoms with Crippen LogP contribution in [-0.2, 0) is 11.3 Å². The summed E-state index contributed by atoms with van der Waals surface area (Å²) < 4.78 is 19.7. The van der Waals surface area contributed by atoms with Crippen LogP contribution >= 0.6 is 11.3 Å². The molecule has 0 unspecified atom stereocenters. The van der Waals surface area contributed by atoms with Gasteiger partial charge in [-0.3, -0.25) is 4.90 Å². The molecule has 1 saturated heterocycles. The molecule has 3 aromatic rings. The molecule has 2 heterocycles. The predicted octanol–water partition coefficient (Wildman–Crippen LogP) is 5.99. The van der Waals surface area contributed by atoms with Crippen molar-refractivity contribution in [3.63, 3.8) is 0 Å². The minimum Gasteiger partial charge on any atom is -0.478 e. The molecule has 5 rings (SSSR count). The van der Waals surface area contributed by atoms with Crippen LogP contribution in [0.3, 0.4) is 0 Å². The second-order valence-electron chi connectivity index (χ2n) is 10.8. The fraction of sp³-hybridized carbons (Fsp3) is 0.448. The van der Waals surface area contributed by atoms with E-state index < -0.39 is 11.6 Å². The number of rotatable bonds is 9. The van der Waals surface area contributed by atoms with Crippen molar-refractivity contribution >= 4 is 22.4 Å². The Balaban J connectivity index is 1.30. The van der Waals surface area contributed by atoms with Gasteiger partial charge in [0, 0.05) is 51.3 Å². The van der Waals surface area contributed by atoms with E-state index in [9.17, 15) is 14.3 Å². The lowest BCUT2D eigenvalue weighted by Crippen LogP contribution is -2.53. The summed E-state index contributed by atoms with van der Waals surface area (Å²) >= 11 is 1.62. The topological polar surface area (TPSA) is 65.9 Å². The van der Waals surface area contributed by atoms with E-state index in [-0.39, 0.29) is 5.82 Å². The standard InChI is InChI=1S/C29H34FN3O3S/c1-19(2)11-24-18-32(17-21-12-20(3)13-25(14-21)36-29(7-8-29)27(34)35)9-10-33(24)28-31-16-26(37-28)22-5-4-6-23(30)15-22/h4-6,12-16,19,24H,7-11,17-18H2,1-3H3,(H,34,35)/t24-/m1/s1. The van der Waals surface area contributed by atoms with Crippen LogP contribution in [-0.4, -0.2) is 52.2 Å². The molecular formula is C29H34FN3O3S. The lowest BCUT2D eigenvalue weighted by molar-refractivity contribution is -0.147. The number of piperazine rings is 1. The van der Waals surface area contributed by atoms with Crippen LogP contribution in [0.2, 0.25) is 0 Å². The monoisotopic (exact) mass is 523 g/mol. The number of hydrogen-bond acceptors (Lipinski definition) is 6. The summed E-state index contributed by atoms with van der Waals surface area (Å²) in [6.45, 7) is 9.98. The fourth-order valence-corrected chi connectivity index (χ4v) is 6.18. The molecule has 1 aromatic heterocycles. The van der Waals surface area contributed by atoms with E-state index in [2.05, 4.69) is 29.7 Å². The summed E-state index contributed by atoms with van der Waals surface area (Å²) in [5, 5.41) is 10.5. The van der Waals surface area contributed by atoms with Crippen molar-refractivity contribution in [3.8, 4) is 16.2 Å². The van der Waals surface area contributed by atoms with Crippen LogP contribution in [0.25, 0.3) is 10.4 Å². The molecule has 0 bridgehead atoms. The van der Waals surface area contributed by atoms with Crippen molar-refractivity contribution in [2.75, 3.05) is 24.5 Å². The normalized spacial score (nSPS) is 19.3. The number of aryl methyl sites for hydroxylation is 1. The van der Waals surface area contributed by atoms with Gasteiger partial charge in [-0.25, -0.2) is 14.2 Å². The maximum absolute atomic E-state index is 13.7. The number of hydrogen-bond donors (Lipinski definition) is 1. The average molecular weight is 524 g/mol. The molecule has 1 aliphatic heterocycles. The summed E-state index contributed by atoms with van der Waals surface area (Å²) in [6, 6.07) is 13.1. The first-order valence-electron chi connectivity index (χ1n) is 12.9. The number of benzene rings is 2. The van der Waals surface area contributed by atoms with Crippen LogP contribution in [0.5, 0.6) is 5.75 Å². The van der Waals surface area contributed by atoms with Gasteiger partial charge >= 0.3 is 5.97 Å². The third-order valence-corrected chi connectivity index (χ3v) is 8.17. The summed E-state index contributed by atoms with van der Waals surface area (Å²) in [5.74, 6) is 0.0596. The van der Waals surface area contributed by atoms with Gasteiger partial charge in [0.15, 0.2) is 5.13 Å². The first-order chi connectivity index (χ1) is 17.7. The first-order valence-corrected chi connectivity index (χ1v) is 13.8. The van der Waals surface area contributed by atoms with Crippen LogP contribution in [0.1, 0.15) is 44.2 Å². The van der Waals surface area contributed by atoms with Crippen LogP contribution in [0.4, 0.5) is 9.52 Å². The molecule has 37 heavy (non-hydrogen) atoms. The molecule has 1 N–H and O–H groups in total. The Bertz CT molecular complexity index is 1270. The molecule has 6 nitrogen and oxygen atoms in total. The van der Waals surface area contributed by atoms with Crippen molar-refractivity contribution in [2.24, 2.45) is 5.92 Å². The fourth-order valence-electron chi connectivity index (χ4n) is 5.17. The third-order valence-electron chi connectivity index (χ3n) is 7.08. The molecule has 0 radical (unpaired) electrons. The number of thiazole rings is 1. The van der Waals surface area contributed by atoms with Crippen molar-refractivity contribution < 1.29 is 19.0 Å². The number of aliphatic carboxylic acids is 1. The molecular weight excluding hydrogens is 489 g/mol. The average Bonchev–Trinajstić information content (AvgIpc) is 3.44. The summed E-state index contributed by atoms with van der Waals surface area (Å²) in [6.07, 6.45) is 4.02. The minimum atomic E-state index is -1.04. The maximum atomic E-state index is 13.7. The number of aromatic nitrogens is 1. The second kappa shape index (κ2) is 10.4. The van der Waals surface area contributed by atoms with Gasteiger partial charge in [-0.2, -0.15) is 0 Å². The Morgan fingerprint density at radius 1 is 1.24 bits per heavy atom. The molecule has 2 fully saturated rings. The van der Waals surface area contributed by atoms with E-state index >= 15 is 0 Å². The number of carbonyl (C=O) groups is 1. The van der Waals surface area contributed by atoms with Crippen molar-refractivity contribution in [3.05, 3.63) is 65.6 Å². The lowest BCUT2D eigenvalue weighted by atomic mass is 10.00. The summed E-state index contributed by atoms with van der Waals surface area (Å²) in [5.41, 5.74) is 2.02. The number of anilines is 1. The Morgan fingerprint density at radius 2 is 2.05 bits per heavy atom. The number of nitrogens with zero attached hydrogens (tertiary/aromatic N) is 3. The van der Waals surface area contributed by atoms with Crippen LogP contribution < -0.4 is 9.64 Å². The van der Waals surface area contributed by atoms with Crippen LogP contribution in [0, 0.1) is 18.7 Å². The maximum Gasteiger partial charge on any atom is 0.348 e. The SMILES string of the molecule is Cc1cc(CN2CCN(c3ncc(-c4cccc(F)c4)s3)[C@H](CC(C)C)C2)cc(OC2(C(=O)O)CC2)c1. The van der Waals surface area contributed by atoms with Gasteiger partial charge in [-0.05, 0) is 60.2 Å². The quantitative estimate of drug-likeness (QED) is 0.372. The van der Waals surface area contributed by atoms with Crippen molar-refractivity contribution in [1.82, 2.24) is 9.88 Å². The van der Waals surface area contributed by atoms with Crippen molar-refractivity contribution in [2.45, 2.75) is 58.2 Å². The van der Waals surface area contributed by atoms with E-state index in [1.807, 2.05) is 31.3 Å². The molecule has 1 atom stereocenters. The van der Waals surface area contributed by atoms with Gasteiger partial charge in [-0.1, -0.05) is 43.4 Å². The van der Waals surface area contributed by atoms with Gasteiger partial charge in [-0.15, -0.1) is 0 Å². The molecule has 0 spiro atoms. The zero-order valence-electron chi connectivity index (χ0n) is 21.6. The third kappa shape index (κ3) is 5.96. The molecule has 196 valence electrons. The van der Waals surface area contributed by atoms with Gasteiger partial charge in [0.05, 0.1) is 4.88 Å². The van der Waals surface area contributed by atoms with Gasteiger partial charge in [0.2, 0.25) is 5.60 Å². The zero-order chi connectivity index (χ0) is 26.2. The Morgan fingerprint density at radius 3 is 2.76 bits per heavy atom. The van der Waals surface area contributed by atoms with E-state index in [1.165, 1.54) is 6.07 Å². The van der Waals surface area contributed by atoms with E-state index in [0.717, 1.165) is 59.3 Å². The molecule has 2 aromatic carbocycles. The molecule has 2 aliphatic rings. The van der Waals surface area contributed by atoms with Gasteiger partial charge in [0.1, 0.15) is 11.6 Å². The van der Waals surface area contributed by atoms with E-state index in [0.29, 0.717) is 30.6 Å². The highest BCUT2D eigenvalue weighted by Crippen LogP contribution is 2.41. The smallest absolute Gasteiger partial charge is 0.348 e. The number of ether oxygens (including phenoxy) is 1. The van der Waals surface area contributed by atoms with Crippen molar-refractivity contribution in [1.29, 1.82) is 0 Å². The molecule has 1 saturated carbocycles. The highest BCUT2D eigenvalue weighted by molar-refractivity contribution is 7.18. The number of carboxylic acid groups (broad SMARTS) is 1. The van der Waals surface area contributed by atoms with E-state index in [1.54, 1.807) is 23.5 Å².